The molecule has 0 aromatic heterocycles. The minimum absolute atomic E-state index is 0.0883. The number of hydrogen-bond acceptors (Lipinski definition) is 3. The summed E-state index contributed by atoms with van der Waals surface area (Å²) in [5.41, 5.74) is 3.10. The maximum absolute atomic E-state index is 14.2. The van der Waals surface area contributed by atoms with Gasteiger partial charge >= 0.3 is 0 Å². The molecule has 2 aromatic carbocycles. The molecule has 3 nitrogen and oxygen atoms in total. The zero-order chi connectivity index (χ0) is 17.6. The molecule has 2 aromatic rings. The van der Waals surface area contributed by atoms with Crippen LogP contribution in [0.5, 0.6) is 5.75 Å². The van der Waals surface area contributed by atoms with Gasteiger partial charge in [0, 0.05) is 18.7 Å². The topological polar surface area (TPSA) is 24.5 Å². The van der Waals surface area contributed by atoms with Crippen molar-refractivity contribution >= 4 is 0 Å². The highest BCUT2D eigenvalue weighted by atomic mass is 19.1. The lowest BCUT2D eigenvalue weighted by Gasteiger charge is -2.28. The van der Waals surface area contributed by atoms with Gasteiger partial charge < -0.3 is 15.0 Å². The Balaban J connectivity index is 1.73. The summed E-state index contributed by atoms with van der Waals surface area (Å²) in [6.45, 7) is 8.88. The third kappa shape index (κ3) is 4.20. The van der Waals surface area contributed by atoms with E-state index in [1.807, 2.05) is 18.2 Å². The molecule has 1 N–H and O–H groups in total. The standard InChI is InChI=1S/C21H27FN2O/c1-3-24(4-2)13-14-25-17-9-10-18-16(15-17)11-12-23-21(18)19-7-5-6-8-20(19)22/h5-10,15,21,23H,3-4,11-14H2,1-2H3. The quantitative estimate of drug-likeness (QED) is 0.829. The van der Waals surface area contributed by atoms with E-state index in [1.165, 1.54) is 11.6 Å². The lowest BCUT2D eigenvalue weighted by molar-refractivity contribution is 0.222. The van der Waals surface area contributed by atoms with Crippen molar-refractivity contribution in [3.05, 3.63) is 65.0 Å². The summed E-state index contributed by atoms with van der Waals surface area (Å²) in [6.07, 6.45) is 0.938. The predicted molar refractivity (Wildman–Crippen MR) is 99.7 cm³/mol. The molecule has 1 aliphatic rings. The summed E-state index contributed by atoms with van der Waals surface area (Å²) in [4.78, 5) is 2.34. The maximum Gasteiger partial charge on any atom is 0.128 e. The monoisotopic (exact) mass is 342 g/mol. The highest BCUT2D eigenvalue weighted by Crippen LogP contribution is 2.32. The lowest BCUT2D eigenvalue weighted by atomic mass is 9.89. The fraction of sp³-hybridized carbons (Fsp3) is 0.429. The summed E-state index contributed by atoms with van der Waals surface area (Å²) in [7, 11) is 0. The van der Waals surface area contributed by atoms with Crippen LogP contribution in [0.1, 0.15) is 36.6 Å². The van der Waals surface area contributed by atoms with Crippen LogP contribution < -0.4 is 10.1 Å². The van der Waals surface area contributed by atoms with Crippen molar-refractivity contribution in [3.63, 3.8) is 0 Å². The van der Waals surface area contributed by atoms with E-state index in [0.29, 0.717) is 12.2 Å². The van der Waals surface area contributed by atoms with Crippen molar-refractivity contribution in [3.8, 4) is 5.75 Å². The van der Waals surface area contributed by atoms with Crippen LogP contribution in [-0.2, 0) is 6.42 Å². The van der Waals surface area contributed by atoms with Crippen LogP contribution in [0, 0.1) is 5.82 Å². The molecule has 134 valence electrons. The van der Waals surface area contributed by atoms with Gasteiger partial charge in [0.25, 0.3) is 0 Å². The third-order valence-electron chi connectivity index (χ3n) is 4.96. The molecule has 0 fully saturated rings. The molecule has 3 rings (SSSR count). The van der Waals surface area contributed by atoms with E-state index < -0.39 is 0 Å². The third-order valence-corrected chi connectivity index (χ3v) is 4.96. The summed E-state index contributed by atoms with van der Waals surface area (Å²) in [6, 6.07) is 13.1. The lowest BCUT2D eigenvalue weighted by Crippen LogP contribution is -2.31. The molecule has 0 saturated heterocycles. The minimum Gasteiger partial charge on any atom is -0.492 e. The SMILES string of the molecule is CCN(CC)CCOc1ccc2c(c1)CCNC2c1ccccc1F. The van der Waals surface area contributed by atoms with Crippen molar-refractivity contribution < 1.29 is 9.13 Å². The van der Waals surface area contributed by atoms with Gasteiger partial charge in [0.15, 0.2) is 0 Å². The second kappa shape index (κ2) is 8.45. The number of benzene rings is 2. The van der Waals surface area contributed by atoms with Crippen molar-refractivity contribution in [1.29, 1.82) is 0 Å². The Morgan fingerprint density at radius 3 is 2.68 bits per heavy atom. The van der Waals surface area contributed by atoms with E-state index in [2.05, 4.69) is 36.2 Å². The number of ether oxygens (including phenoxy) is 1. The van der Waals surface area contributed by atoms with Crippen LogP contribution in [-0.4, -0.2) is 37.7 Å². The average molecular weight is 342 g/mol. The van der Waals surface area contributed by atoms with Gasteiger partial charge in [-0.25, -0.2) is 4.39 Å². The van der Waals surface area contributed by atoms with E-state index in [1.54, 1.807) is 6.07 Å². The first kappa shape index (κ1) is 17.9. The van der Waals surface area contributed by atoms with Gasteiger partial charge in [-0.2, -0.15) is 0 Å². The largest absolute Gasteiger partial charge is 0.492 e. The second-order valence-electron chi connectivity index (χ2n) is 6.39. The number of hydrogen-bond donors (Lipinski definition) is 1. The number of rotatable bonds is 7. The van der Waals surface area contributed by atoms with Gasteiger partial charge in [0.1, 0.15) is 18.2 Å². The first-order valence-electron chi connectivity index (χ1n) is 9.18. The van der Waals surface area contributed by atoms with Crippen molar-refractivity contribution in [2.24, 2.45) is 0 Å². The summed E-state index contributed by atoms with van der Waals surface area (Å²) in [5.74, 6) is 0.743. The molecule has 25 heavy (non-hydrogen) atoms. The first-order valence-corrected chi connectivity index (χ1v) is 9.18. The highest BCUT2D eigenvalue weighted by molar-refractivity contribution is 5.43. The predicted octanol–water partition coefficient (Wildman–Crippen LogP) is 3.78. The maximum atomic E-state index is 14.2. The Morgan fingerprint density at radius 2 is 1.92 bits per heavy atom. The molecule has 0 amide bonds. The minimum atomic E-state index is -0.160. The van der Waals surface area contributed by atoms with Gasteiger partial charge in [-0.15, -0.1) is 0 Å². The van der Waals surface area contributed by atoms with Crippen LogP contribution in [0.25, 0.3) is 0 Å². The molecule has 0 spiro atoms. The first-order chi connectivity index (χ1) is 12.2. The van der Waals surface area contributed by atoms with Crippen LogP contribution >= 0.6 is 0 Å². The average Bonchev–Trinajstić information content (AvgIpc) is 2.65. The fourth-order valence-corrected chi connectivity index (χ4v) is 3.45. The highest BCUT2D eigenvalue weighted by Gasteiger charge is 2.23. The van der Waals surface area contributed by atoms with Crippen molar-refractivity contribution in [2.45, 2.75) is 26.3 Å². The van der Waals surface area contributed by atoms with Crippen LogP contribution in [0.15, 0.2) is 42.5 Å². The Kier molecular flexibility index (Phi) is 6.05. The van der Waals surface area contributed by atoms with Crippen LogP contribution in [0.3, 0.4) is 0 Å². The molecule has 1 aliphatic heterocycles. The molecule has 0 bridgehead atoms. The Morgan fingerprint density at radius 1 is 1.12 bits per heavy atom. The molecule has 1 atom stereocenters. The fourth-order valence-electron chi connectivity index (χ4n) is 3.45. The van der Waals surface area contributed by atoms with Gasteiger partial charge in [-0.3, -0.25) is 0 Å². The molecule has 1 unspecified atom stereocenters. The zero-order valence-electron chi connectivity index (χ0n) is 15.1. The molecule has 0 radical (unpaired) electrons. The molecule has 4 heteroatoms. The van der Waals surface area contributed by atoms with Crippen LogP contribution in [0.2, 0.25) is 0 Å². The number of nitrogens with zero attached hydrogens (tertiary/aromatic N) is 1. The smallest absolute Gasteiger partial charge is 0.128 e. The Bertz CT molecular complexity index is 700. The molecule has 1 heterocycles. The normalized spacial score (nSPS) is 16.7. The van der Waals surface area contributed by atoms with E-state index in [9.17, 15) is 4.39 Å². The number of nitrogens with one attached hydrogen (secondary N) is 1. The summed E-state index contributed by atoms with van der Waals surface area (Å²) < 4.78 is 20.1. The van der Waals surface area contributed by atoms with Gasteiger partial charge in [-0.1, -0.05) is 38.1 Å². The van der Waals surface area contributed by atoms with Crippen LogP contribution in [0.4, 0.5) is 4.39 Å². The van der Waals surface area contributed by atoms with E-state index in [-0.39, 0.29) is 11.9 Å². The van der Waals surface area contributed by atoms with E-state index >= 15 is 0 Å². The second-order valence-corrected chi connectivity index (χ2v) is 6.39. The van der Waals surface area contributed by atoms with Gasteiger partial charge in [0.05, 0.1) is 6.04 Å². The summed E-state index contributed by atoms with van der Waals surface area (Å²) >= 11 is 0. The zero-order valence-corrected chi connectivity index (χ0v) is 15.1. The molecule has 0 saturated carbocycles. The number of likely N-dealkylation sites (N-methyl/N-ethyl adjacent to an activating group) is 1. The molecular formula is C21H27FN2O. The van der Waals surface area contributed by atoms with E-state index in [0.717, 1.165) is 43.9 Å². The van der Waals surface area contributed by atoms with Gasteiger partial charge in [0.2, 0.25) is 0 Å². The number of fused-ring (bicyclic) bond motifs is 1. The van der Waals surface area contributed by atoms with E-state index in [4.69, 9.17) is 4.74 Å². The molecule has 0 aliphatic carbocycles. The Labute approximate surface area is 149 Å². The Hall–Kier alpha value is -1.91. The molecular weight excluding hydrogens is 315 g/mol. The summed E-state index contributed by atoms with van der Waals surface area (Å²) in [5, 5.41) is 3.44. The number of halogens is 1. The van der Waals surface area contributed by atoms with Crippen molar-refractivity contribution in [2.75, 3.05) is 32.8 Å². The van der Waals surface area contributed by atoms with Gasteiger partial charge in [-0.05, 0) is 48.8 Å². The van der Waals surface area contributed by atoms with Crippen molar-refractivity contribution in [1.82, 2.24) is 10.2 Å².